The van der Waals surface area contributed by atoms with E-state index in [0.29, 0.717) is 18.3 Å². The van der Waals surface area contributed by atoms with Crippen LogP contribution in [0, 0.1) is 5.82 Å². The molecule has 21 heavy (non-hydrogen) atoms. The monoisotopic (exact) mass is 291 g/mol. The molecule has 1 saturated heterocycles. The maximum atomic E-state index is 12.9. The standard InChI is InChI=1S/C15H18FN3O2/c1-11-10-19(7-2-8-20-11)15-17-14(21-18-15)9-12-3-5-13(16)6-4-12/h3-6,11H,2,7-10H2,1H3/t11-/m1/s1. The van der Waals surface area contributed by atoms with Crippen molar-refractivity contribution in [2.75, 3.05) is 24.6 Å². The number of rotatable bonds is 3. The summed E-state index contributed by atoms with van der Waals surface area (Å²) in [5.41, 5.74) is 0.944. The summed E-state index contributed by atoms with van der Waals surface area (Å²) in [6.45, 7) is 4.42. The highest BCUT2D eigenvalue weighted by Crippen LogP contribution is 2.16. The number of aromatic nitrogens is 2. The second kappa shape index (κ2) is 6.22. The van der Waals surface area contributed by atoms with Gasteiger partial charge >= 0.3 is 0 Å². The van der Waals surface area contributed by atoms with Crippen LogP contribution in [-0.2, 0) is 11.2 Å². The third-order valence-electron chi connectivity index (χ3n) is 3.46. The molecule has 0 radical (unpaired) electrons. The van der Waals surface area contributed by atoms with Gasteiger partial charge in [0.15, 0.2) is 0 Å². The van der Waals surface area contributed by atoms with E-state index in [1.54, 1.807) is 12.1 Å². The first kappa shape index (κ1) is 14.0. The molecule has 0 bridgehead atoms. The van der Waals surface area contributed by atoms with Crippen molar-refractivity contribution in [2.45, 2.75) is 25.9 Å². The predicted octanol–water partition coefficient (Wildman–Crippen LogP) is 2.41. The summed E-state index contributed by atoms with van der Waals surface area (Å²) < 4.78 is 23.8. The van der Waals surface area contributed by atoms with E-state index >= 15 is 0 Å². The highest BCUT2D eigenvalue weighted by atomic mass is 19.1. The molecule has 6 heteroatoms. The van der Waals surface area contributed by atoms with E-state index in [9.17, 15) is 4.39 Å². The summed E-state index contributed by atoms with van der Waals surface area (Å²) in [4.78, 5) is 6.51. The number of halogens is 1. The van der Waals surface area contributed by atoms with Crippen molar-refractivity contribution in [3.63, 3.8) is 0 Å². The molecule has 112 valence electrons. The Morgan fingerprint density at radius 2 is 2.14 bits per heavy atom. The minimum absolute atomic E-state index is 0.159. The molecule has 1 aromatic carbocycles. The molecular weight excluding hydrogens is 273 g/mol. The first-order chi connectivity index (χ1) is 10.2. The number of nitrogens with zero attached hydrogens (tertiary/aromatic N) is 3. The summed E-state index contributed by atoms with van der Waals surface area (Å²) in [5.74, 6) is 0.891. The smallest absolute Gasteiger partial charge is 0.266 e. The minimum atomic E-state index is -0.247. The Labute approximate surface area is 122 Å². The van der Waals surface area contributed by atoms with Crippen molar-refractivity contribution in [1.82, 2.24) is 10.1 Å². The Hall–Kier alpha value is -1.95. The molecule has 0 amide bonds. The molecule has 2 heterocycles. The van der Waals surface area contributed by atoms with Crippen LogP contribution in [-0.4, -0.2) is 35.9 Å². The number of benzene rings is 1. The summed E-state index contributed by atoms with van der Waals surface area (Å²) >= 11 is 0. The van der Waals surface area contributed by atoms with Crippen LogP contribution < -0.4 is 4.90 Å². The molecule has 1 aliphatic rings. The molecule has 1 fully saturated rings. The Kier molecular flexibility index (Phi) is 4.15. The van der Waals surface area contributed by atoms with E-state index in [0.717, 1.165) is 31.7 Å². The van der Waals surface area contributed by atoms with Crippen molar-refractivity contribution in [2.24, 2.45) is 0 Å². The minimum Gasteiger partial charge on any atom is -0.377 e. The van der Waals surface area contributed by atoms with Gasteiger partial charge in [0, 0.05) is 19.7 Å². The highest BCUT2D eigenvalue weighted by Gasteiger charge is 2.19. The number of anilines is 1. The van der Waals surface area contributed by atoms with Gasteiger partial charge < -0.3 is 14.2 Å². The number of ether oxygens (including phenoxy) is 1. The first-order valence-corrected chi connectivity index (χ1v) is 7.14. The third kappa shape index (κ3) is 3.58. The van der Waals surface area contributed by atoms with E-state index in [1.165, 1.54) is 12.1 Å². The molecule has 0 spiro atoms. The van der Waals surface area contributed by atoms with Gasteiger partial charge in [-0.3, -0.25) is 0 Å². The zero-order valence-corrected chi connectivity index (χ0v) is 12.0. The van der Waals surface area contributed by atoms with Gasteiger partial charge in [0.1, 0.15) is 5.82 Å². The molecule has 1 aliphatic heterocycles. The van der Waals surface area contributed by atoms with Crippen molar-refractivity contribution in [3.05, 3.63) is 41.5 Å². The Balaban J connectivity index is 1.69. The van der Waals surface area contributed by atoms with E-state index in [2.05, 4.69) is 15.0 Å². The van der Waals surface area contributed by atoms with Crippen LogP contribution >= 0.6 is 0 Å². The molecule has 5 nitrogen and oxygen atoms in total. The van der Waals surface area contributed by atoms with Crippen molar-refractivity contribution in [1.29, 1.82) is 0 Å². The van der Waals surface area contributed by atoms with Gasteiger partial charge in [0.05, 0.1) is 12.5 Å². The van der Waals surface area contributed by atoms with Crippen LogP contribution in [0.25, 0.3) is 0 Å². The fourth-order valence-corrected chi connectivity index (χ4v) is 2.40. The molecular formula is C15H18FN3O2. The van der Waals surface area contributed by atoms with E-state index < -0.39 is 0 Å². The Morgan fingerprint density at radius 1 is 1.33 bits per heavy atom. The molecule has 3 rings (SSSR count). The Bertz CT molecular complexity index is 585. The number of hydrogen-bond acceptors (Lipinski definition) is 5. The third-order valence-corrected chi connectivity index (χ3v) is 3.46. The van der Waals surface area contributed by atoms with Gasteiger partial charge in [0.2, 0.25) is 5.89 Å². The lowest BCUT2D eigenvalue weighted by Crippen LogP contribution is -2.30. The van der Waals surface area contributed by atoms with Gasteiger partial charge in [0.25, 0.3) is 5.95 Å². The van der Waals surface area contributed by atoms with Crippen LogP contribution in [0.15, 0.2) is 28.8 Å². The van der Waals surface area contributed by atoms with Crippen molar-refractivity contribution < 1.29 is 13.7 Å². The maximum Gasteiger partial charge on any atom is 0.266 e. The largest absolute Gasteiger partial charge is 0.377 e. The highest BCUT2D eigenvalue weighted by molar-refractivity contribution is 5.29. The normalized spacial score (nSPS) is 19.5. The number of hydrogen-bond donors (Lipinski definition) is 0. The molecule has 0 aliphatic carbocycles. The van der Waals surface area contributed by atoms with Gasteiger partial charge in [-0.1, -0.05) is 12.1 Å². The Morgan fingerprint density at radius 3 is 2.95 bits per heavy atom. The van der Waals surface area contributed by atoms with Crippen LogP contribution in [0.4, 0.5) is 10.3 Å². The fourth-order valence-electron chi connectivity index (χ4n) is 2.40. The summed E-state index contributed by atoms with van der Waals surface area (Å²) in [5, 5.41) is 4.04. The van der Waals surface area contributed by atoms with Crippen LogP contribution in [0.5, 0.6) is 0 Å². The molecule has 0 saturated carbocycles. The molecule has 1 aromatic heterocycles. The van der Waals surface area contributed by atoms with E-state index in [1.807, 2.05) is 6.92 Å². The zero-order valence-electron chi connectivity index (χ0n) is 12.0. The molecule has 0 N–H and O–H groups in total. The van der Waals surface area contributed by atoms with Crippen LogP contribution in [0.2, 0.25) is 0 Å². The van der Waals surface area contributed by atoms with Gasteiger partial charge in [-0.25, -0.2) is 4.39 Å². The molecule has 1 atom stereocenters. The van der Waals surface area contributed by atoms with Crippen LogP contribution in [0.1, 0.15) is 24.8 Å². The van der Waals surface area contributed by atoms with Gasteiger partial charge in [-0.05, 0) is 36.2 Å². The van der Waals surface area contributed by atoms with Crippen molar-refractivity contribution >= 4 is 5.95 Å². The maximum absolute atomic E-state index is 12.9. The lowest BCUT2D eigenvalue weighted by molar-refractivity contribution is 0.0820. The summed E-state index contributed by atoms with van der Waals surface area (Å²) in [6.07, 6.45) is 1.62. The second-order valence-electron chi connectivity index (χ2n) is 5.27. The van der Waals surface area contributed by atoms with Gasteiger partial charge in [-0.15, -0.1) is 0 Å². The van der Waals surface area contributed by atoms with E-state index in [4.69, 9.17) is 9.26 Å². The fraction of sp³-hybridized carbons (Fsp3) is 0.467. The summed E-state index contributed by atoms with van der Waals surface area (Å²) in [7, 11) is 0. The lowest BCUT2D eigenvalue weighted by Gasteiger charge is -2.19. The predicted molar refractivity (Wildman–Crippen MR) is 75.7 cm³/mol. The average molecular weight is 291 g/mol. The van der Waals surface area contributed by atoms with E-state index in [-0.39, 0.29) is 11.9 Å². The summed E-state index contributed by atoms with van der Waals surface area (Å²) in [6, 6.07) is 6.31. The average Bonchev–Trinajstić information content (AvgIpc) is 2.82. The van der Waals surface area contributed by atoms with Gasteiger partial charge in [-0.2, -0.15) is 4.98 Å². The molecule has 0 unspecified atom stereocenters. The quantitative estimate of drug-likeness (QED) is 0.869. The first-order valence-electron chi connectivity index (χ1n) is 7.14. The SMILES string of the molecule is C[C@@H]1CN(c2noc(Cc3ccc(F)cc3)n2)CCCO1. The lowest BCUT2D eigenvalue weighted by atomic mass is 10.1. The molecule has 2 aromatic rings. The zero-order chi connectivity index (χ0) is 14.7. The second-order valence-corrected chi connectivity index (χ2v) is 5.27. The van der Waals surface area contributed by atoms with Crippen molar-refractivity contribution in [3.8, 4) is 0 Å². The van der Waals surface area contributed by atoms with Crippen LogP contribution in [0.3, 0.4) is 0 Å². The topological polar surface area (TPSA) is 51.4 Å².